The summed E-state index contributed by atoms with van der Waals surface area (Å²) in [6.45, 7) is 0.988. The van der Waals surface area contributed by atoms with Gasteiger partial charge in [-0.1, -0.05) is 28.9 Å². The minimum atomic E-state index is 0.425. The van der Waals surface area contributed by atoms with Crippen molar-refractivity contribution in [1.82, 2.24) is 20.0 Å². The Balaban J connectivity index is 1.67. The van der Waals surface area contributed by atoms with Crippen LogP contribution in [0.3, 0.4) is 0 Å². The first-order valence-electron chi connectivity index (χ1n) is 7.12. The highest BCUT2D eigenvalue weighted by Gasteiger charge is 2.07. The zero-order valence-electron chi connectivity index (χ0n) is 12.6. The van der Waals surface area contributed by atoms with E-state index in [1.54, 1.807) is 17.1 Å². The van der Waals surface area contributed by atoms with Gasteiger partial charge in [0.1, 0.15) is 6.61 Å². The van der Waals surface area contributed by atoms with Crippen molar-refractivity contribution in [3.8, 4) is 5.75 Å². The first kappa shape index (κ1) is 15.3. The molecule has 0 saturated carbocycles. The molecule has 2 heterocycles. The van der Waals surface area contributed by atoms with Crippen LogP contribution in [0.1, 0.15) is 11.3 Å². The molecule has 23 heavy (non-hydrogen) atoms. The van der Waals surface area contributed by atoms with Crippen LogP contribution in [-0.4, -0.2) is 20.0 Å². The van der Waals surface area contributed by atoms with Crippen molar-refractivity contribution in [2.24, 2.45) is 7.05 Å². The van der Waals surface area contributed by atoms with E-state index in [0.29, 0.717) is 29.7 Å². The molecule has 0 aliphatic rings. The molecule has 0 fully saturated rings. The Bertz CT molecular complexity index is 789. The fourth-order valence-electron chi connectivity index (χ4n) is 2.07. The van der Waals surface area contributed by atoms with Crippen molar-refractivity contribution in [2.75, 3.05) is 5.32 Å². The van der Waals surface area contributed by atoms with Crippen molar-refractivity contribution in [1.29, 1.82) is 0 Å². The molecule has 3 rings (SSSR count). The Kier molecular flexibility index (Phi) is 4.73. The average molecular weight is 330 g/mol. The van der Waals surface area contributed by atoms with Gasteiger partial charge >= 0.3 is 0 Å². The number of nitrogens with one attached hydrogen (secondary N) is 1. The topological polar surface area (TPSA) is 64.9 Å². The van der Waals surface area contributed by atoms with Gasteiger partial charge in [0.25, 0.3) is 0 Å². The second-order valence-corrected chi connectivity index (χ2v) is 5.41. The average Bonchev–Trinajstić information content (AvgIpc) is 2.97. The second kappa shape index (κ2) is 7.11. The number of benzene rings is 1. The highest BCUT2D eigenvalue weighted by atomic mass is 35.5. The van der Waals surface area contributed by atoms with Crippen LogP contribution in [0.15, 0.2) is 48.8 Å². The van der Waals surface area contributed by atoms with Gasteiger partial charge in [0.2, 0.25) is 0 Å². The van der Waals surface area contributed by atoms with E-state index < -0.39 is 0 Å². The third-order valence-corrected chi connectivity index (χ3v) is 3.53. The fourth-order valence-corrected chi connectivity index (χ4v) is 2.29. The molecule has 0 bridgehead atoms. The molecule has 118 valence electrons. The molecule has 1 aromatic carbocycles. The quantitative estimate of drug-likeness (QED) is 0.753. The van der Waals surface area contributed by atoms with E-state index in [2.05, 4.69) is 20.6 Å². The standard InChI is InChI=1S/C16H16ClN5O/c1-22-14(10-20-21-22)9-19-16-15(6-3-7-18-16)23-11-12-4-2-5-13(17)8-12/h2-8,10H,9,11H2,1H3,(H,18,19). The van der Waals surface area contributed by atoms with Crippen LogP contribution in [0.25, 0.3) is 0 Å². The number of rotatable bonds is 6. The Morgan fingerprint density at radius 1 is 1.26 bits per heavy atom. The zero-order chi connectivity index (χ0) is 16.1. The molecule has 0 atom stereocenters. The molecular formula is C16H16ClN5O. The van der Waals surface area contributed by atoms with E-state index in [9.17, 15) is 0 Å². The van der Waals surface area contributed by atoms with Crippen LogP contribution in [0.4, 0.5) is 5.82 Å². The molecule has 0 aliphatic carbocycles. The van der Waals surface area contributed by atoms with Crippen molar-refractivity contribution in [3.05, 3.63) is 65.1 Å². The molecule has 0 saturated heterocycles. The molecule has 0 unspecified atom stereocenters. The largest absolute Gasteiger partial charge is 0.485 e. The highest BCUT2D eigenvalue weighted by molar-refractivity contribution is 6.30. The van der Waals surface area contributed by atoms with E-state index in [-0.39, 0.29) is 0 Å². The minimum absolute atomic E-state index is 0.425. The molecule has 0 aliphatic heterocycles. The van der Waals surface area contributed by atoms with Gasteiger partial charge < -0.3 is 10.1 Å². The molecule has 0 spiro atoms. The molecule has 1 N–H and O–H groups in total. The maximum atomic E-state index is 5.99. The van der Waals surface area contributed by atoms with Crippen LogP contribution in [-0.2, 0) is 20.2 Å². The van der Waals surface area contributed by atoms with Gasteiger partial charge in [-0.25, -0.2) is 4.98 Å². The lowest BCUT2D eigenvalue weighted by atomic mass is 10.2. The Morgan fingerprint density at radius 2 is 2.17 bits per heavy atom. The molecule has 7 heteroatoms. The predicted molar refractivity (Wildman–Crippen MR) is 88.4 cm³/mol. The monoisotopic (exact) mass is 329 g/mol. The summed E-state index contributed by atoms with van der Waals surface area (Å²) in [5.41, 5.74) is 1.96. The molecular weight excluding hydrogens is 314 g/mol. The Morgan fingerprint density at radius 3 is 2.96 bits per heavy atom. The number of aromatic nitrogens is 4. The van der Waals surface area contributed by atoms with Crippen LogP contribution in [0.5, 0.6) is 5.75 Å². The third-order valence-electron chi connectivity index (χ3n) is 3.30. The number of halogens is 1. The van der Waals surface area contributed by atoms with Crippen molar-refractivity contribution >= 4 is 17.4 Å². The number of pyridine rings is 1. The van der Waals surface area contributed by atoms with Crippen molar-refractivity contribution in [2.45, 2.75) is 13.2 Å². The lowest BCUT2D eigenvalue weighted by Gasteiger charge is -2.12. The summed E-state index contributed by atoms with van der Waals surface area (Å²) in [5, 5.41) is 11.7. The Labute approximate surface area is 139 Å². The third kappa shape index (κ3) is 3.98. The highest BCUT2D eigenvalue weighted by Crippen LogP contribution is 2.23. The number of aryl methyl sites for hydroxylation is 1. The van der Waals surface area contributed by atoms with E-state index in [1.165, 1.54) is 0 Å². The van der Waals surface area contributed by atoms with Gasteiger partial charge in [-0.05, 0) is 29.8 Å². The maximum Gasteiger partial charge on any atom is 0.169 e. The first-order chi connectivity index (χ1) is 11.2. The molecule has 0 amide bonds. The summed E-state index contributed by atoms with van der Waals surface area (Å²) in [4.78, 5) is 4.33. The van der Waals surface area contributed by atoms with Gasteiger partial charge in [-0.15, -0.1) is 5.10 Å². The van der Waals surface area contributed by atoms with E-state index in [1.807, 2.05) is 43.4 Å². The lowest BCUT2D eigenvalue weighted by Crippen LogP contribution is -2.08. The molecule has 3 aromatic rings. The normalized spacial score (nSPS) is 10.5. The first-order valence-corrected chi connectivity index (χ1v) is 7.50. The zero-order valence-corrected chi connectivity index (χ0v) is 13.4. The SMILES string of the molecule is Cn1nncc1CNc1ncccc1OCc1cccc(Cl)c1. The predicted octanol–water partition coefficient (Wildman–Crippen LogP) is 3.05. The van der Waals surface area contributed by atoms with Crippen molar-refractivity contribution < 1.29 is 4.74 Å². The molecule has 6 nitrogen and oxygen atoms in total. The van der Waals surface area contributed by atoms with Crippen LogP contribution in [0, 0.1) is 0 Å². The van der Waals surface area contributed by atoms with Gasteiger partial charge in [-0.2, -0.15) is 0 Å². The number of ether oxygens (including phenoxy) is 1. The number of anilines is 1. The minimum Gasteiger partial charge on any atom is -0.485 e. The number of nitrogens with zero attached hydrogens (tertiary/aromatic N) is 4. The summed E-state index contributed by atoms with van der Waals surface area (Å²) in [5.74, 6) is 1.36. The summed E-state index contributed by atoms with van der Waals surface area (Å²) >= 11 is 5.99. The number of hydrogen-bond acceptors (Lipinski definition) is 5. The van der Waals surface area contributed by atoms with Gasteiger partial charge in [0.05, 0.1) is 18.4 Å². The van der Waals surface area contributed by atoms with Crippen molar-refractivity contribution in [3.63, 3.8) is 0 Å². The van der Waals surface area contributed by atoms with Gasteiger partial charge in [0, 0.05) is 18.3 Å². The van der Waals surface area contributed by atoms with Gasteiger partial charge in [-0.3, -0.25) is 4.68 Å². The molecule has 2 aromatic heterocycles. The Hall–Kier alpha value is -2.60. The second-order valence-electron chi connectivity index (χ2n) is 4.97. The van der Waals surface area contributed by atoms with Gasteiger partial charge in [0.15, 0.2) is 11.6 Å². The lowest BCUT2D eigenvalue weighted by molar-refractivity contribution is 0.306. The van der Waals surface area contributed by atoms with E-state index >= 15 is 0 Å². The summed E-state index contributed by atoms with van der Waals surface area (Å²) in [6, 6.07) is 11.3. The smallest absolute Gasteiger partial charge is 0.169 e. The fraction of sp³-hybridized carbons (Fsp3) is 0.188. The molecule has 0 radical (unpaired) electrons. The summed E-state index contributed by atoms with van der Waals surface area (Å²) in [7, 11) is 1.85. The maximum absolute atomic E-state index is 5.99. The van der Waals surface area contributed by atoms with Crippen LogP contribution < -0.4 is 10.1 Å². The van der Waals surface area contributed by atoms with E-state index in [4.69, 9.17) is 16.3 Å². The van der Waals surface area contributed by atoms with E-state index in [0.717, 1.165) is 11.3 Å². The van der Waals surface area contributed by atoms with Crippen LogP contribution >= 0.6 is 11.6 Å². The summed E-state index contributed by atoms with van der Waals surface area (Å²) < 4.78 is 7.57. The van der Waals surface area contributed by atoms with Crippen LogP contribution in [0.2, 0.25) is 5.02 Å². The number of hydrogen-bond donors (Lipinski definition) is 1. The summed E-state index contributed by atoms with van der Waals surface area (Å²) in [6.07, 6.45) is 3.43.